The van der Waals surface area contributed by atoms with Crippen LogP contribution in [0.3, 0.4) is 0 Å². The first-order valence-electron chi connectivity index (χ1n) is 12.2. The molecule has 0 spiro atoms. The van der Waals surface area contributed by atoms with Crippen LogP contribution in [0.4, 0.5) is 0 Å². The second-order valence-electron chi connectivity index (χ2n) is 8.90. The van der Waals surface area contributed by atoms with Crippen molar-refractivity contribution < 1.29 is 0 Å². The predicted molar refractivity (Wildman–Crippen MR) is 154 cm³/mol. The molecule has 7 rings (SSSR count). The standard InChI is InChI=1S/C33H21N3S/c1-4-11-22(12-5-1)26-17-10-18-28-27-20-19-25(21-29(27)37-30(26)28)33-35-31(23-13-6-2-7-14-23)34-32(36-33)24-15-8-3-9-16-24/h1-21H. The van der Waals surface area contributed by atoms with Crippen molar-refractivity contribution in [3.63, 3.8) is 0 Å². The molecule has 0 aliphatic carbocycles. The summed E-state index contributed by atoms with van der Waals surface area (Å²) in [6.45, 7) is 0. The summed E-state index contributed by atoms with van der Waals surface area (Å²) >= 11 is 1.82. The van der Waals surface area contributed by atoms with Crippen LogP contribution in [0.15, 0.2) is 127 Å². The van der Waals surface area contributed by atoms with Crippen molar-refractivity contribution >= 4 is 31.5 Å². The van der Waals surface area contributed by atoms with Gasteiger partial charge in [-0.1, -0.05) is 121 Å². The molecule has 174 valence electrons. The van der Waals surface area contributed by atoms with E-state index >= 15 is 0 Å². The third-order valence-corrected chi connectivity index (χ3v) is 7.74. The molecule has 0 amide bonds. The molecule has 0 fully saturated rings. The zero-order chi connectivity index (χ0) is 24.6. The number of benzene rings is 5. The Kier molecular flexibility index (Phi) is 5.30. The first kappa shape index (κ1) is 21.6. The number of nitrogens with zero attached hydrogens (tertiary/aromatic N) is 3. The van der Waals surface area contributed by atoms with Gasteiger partial charge in [-0.2, -0.15) is 0 Å². The van der Waals surface area contributed by atoms with E-state index in [9.17, 15) is 0 Å². The van der Waals surface area contributed by atoms with Crippen LogP contribution in [0, 0.1) is 0 Å². The lowest BCUT2D eigenvalue weighted by Crippen LogP contribution is -1.99. The molecule has 3 nitrogen and oxygen atoms in total. The van der Waals surface area contributed by atoms with E-state index in [4.69, 9.17) is 15.0 Å². The van der Waals surface area contributed by atoms with E-state index in [1.54, 1.807) is 0 Å². The molecule has 0 bridgehead atoms. The summed E-state index contributed by atoms with van der Waals surface area (Å²) in [6, 6.07) is 43.9. The van der Waals surface area contributed by atoms with E-state index < -0.39 is 0 Å². The largest absolute Gasteiger partial charge is 0.208 e. The van der Waals surface area contributed by atoms with Crippen LogP contribution in [-0.4, -0.2) is 15.0 Å². The van der Waals surface area contributed by atoms with Gasteiger partial charge in [0, 0.05) is 36.9 Å². The first-order valence-corrected chi connectivity index (χ1v) is 13.0. The van der Waals surface area contributed by atoms with Gasteiger partial charge in [0.2, 0.25) is 0 Å². The molecule has 7 aromatic rings. The van der Waals surface area contributed by atoms with Crippen LogP contribution >= 0.6 is 11.3 Å². The number of fused-ring (bicyclic) bond motifs is 3. The van der Waals surface area contributed by atoms with Crippen LogP contribution in [0.25, 0.3) is 65.5 Å². The molecule has 0 atom stereocenters. The summed E-state index contributed by atoms with van der Waals surface area (Å²) in [5, 5.41) is 2.53. The van der Waals surface area contributed by atoms with Crippen molar-refractivity contribution in [3.8, 4) is 45.3 Å². The molecule has 0 saturated carbocycles. The molecule has 0 unspecified atom stereocenters. The van der Waals surface area contributed by atoms with Crippen LogP contribution in [0.1, 0.15) is 0 Å². The maximum Gasteiger partial charge on any atom is 0.164 e. The summed E-state index contributed by atoms with van der Waals surface area (Å²) < 4.78 is 2.52. The SMILES string of the molecule is c1ccc(-c2nc(-c3ccccc3)nc(-c3ccc4c(c3)sc3c(-c5ccccc5)cccc34)n2)cc1. The maximum absolute atomic E-state index is 4.91. The number of thiophene rings is 1. The quantitative estimate of drug-likeness (QED) is 0.247. The molecule has 0 radical (unpaired) electrons. The fourth-order valence-electron chi connectivity index (χ4n) is 4.72. The molecule has 2 heterocycles. The van der Waals surface area contributed by atoms with Crippen molar-refractivity contribution in [3.05, 3.63) is 127 Å². The summed E-state index contributed by atoms with van der Waals surface area (Å²) in [5.74, 6) is 2.02. The molecule has 4 heteroatoms. The fourth-order valence-corrected chi connectivity index (χ4v) is 6.00. The van der Waals surface area contributed by atoms with E-state index in [-0.39, 0.29) is 0 Å². The van der Waals surface area contributed by atoms with E-state index in [2.05, 4.69) is 66.7 Å². The van der Waals surface area contributed by atoms with Gasteiger partial charge in [-0.25, -0.2) is 15.0 Å². The average Bonchev–Trinajstić information content (AvgIpc) is 3.36. The molecule has 0 aliphatic heterocycles. The minimum Gasteiger partial charge on any atom is -0.208 e. The van der Waals surface area contributed by atoms with Gasteiger partial charge in [0.15, 0.2) is 17.5 Å². The lowest BCUT2D eigenvalue weighted by Gasteiger charge is -2.08. The highest BCUT2D eigenvalue weighted by Crippen LogP contribution is 2.41. The van der Waals surface area contributed by atoms with Crippen LogP contribution < -0.4 is 0 Å². The zero-order valence-corrected chi connectivity index (χ0v) is 20.7. The Hall–Kier alpha value is -4.67. The zero-order valence-electron chi connectivity index (χ0n) is 19.9. The average molecular weight is 492 g/mol. The molecule has 37 heavy (non-hydrogen) atoms. The second-order valence-corrected chi connectivity index (χ2v) is 9.95. The smallest absolute Gasteiger partial charge is 0.164 e. The lowest BCUT2D eigenvalue weighted by atomic mass is 10.0. The third kappa shape index (κ3) is 3.98. The van der Waals surface area contributed by atoms with E-state index in [1.165, 1.54) is 31.3 Å². The Labute approximate surface area is 218 Å². The van der Waals surface area contributed by atoms with Gasteiger partial charge in [0.25, 0.3) is 0 Å². The minimum atomic E-state index is 0.673. The van der Waals surface area contributed by atoms with Crippen LogP contribution in [-0.2, 0) is 0 Å². The van der Waals surface area contributed by atoms with Crippen molar-refractivity contribution in [2.24, 2.45) is 0 Å². The lowest BCUT2D eigenvalue weighted by molar-refractivity contribution is 1.07. The van der Waals surface area contributed by atoms with E-state index in [0.717, 1.165) is 16.7 Å². The van der Waals surface area contributed by atoms with Crippen molar-refractivity contribution in [1.29, 1.82) is 0 Å². The highest BCUT2D eigenvalue weighted by atomic mass is 32.1. The Balaban J connectivity index is 1.41. The molecule has 0 aliphatic rings. The van der Waals surface area contributed by atoms with E-state index in [0.29, 0.717) is 17.5 Å². The molecule has 0 N–H and O–H groups in total. The number of hydrogen-bond donors (Lipinski definition) is 0. The highest BCUT2D eigenvalue weighted by molar-refractivity contribution is 7.26. The van der Waals surface area contributed by atoms with Crippen LogP contribution in [0.5, 0.6) is 0 Å². The molecular weight excluding hydrogens is 470 g/mol. The van der Waals surface area contributed by atoms with Gasteiger partial charge >= 0.3 is 0 Å². The Morgan fingerprint density at radius 3 is 1.54 bits per heavy atom. The number of hydrogen-bond acceptors (Lipinski definition) is 4. The maximum atomic E-state index is 4.91. The van der Waals surface area contributed by atoms with Crippen molar-refractivity contribution in [2.45, 2.75) is 0 Å². The second kappa shape index (κ2) is 9.08. The first-order chi connectivity index (χ1) is 18.3. The van der Waals surface area contributed by atoms with Gasteiger partial charge in [-0.05, 0) is 17.2 Å². The molecular formula is C33H21N3S. The van der Waals surface area contributed by atoms with E-state index in [1.807, 2.05) is 72.0 Å². The number of aromatic nitrogens is 3. The molecule has 0 saturated heterocycles. The summed E-state index contributed by atoms with van der Waals surface area (Å²) in [5.41, 5.74) is 5.42. The van der Waals surface area contributed by atoms with Crippen LogP contribution in [0.2, 0.25) is 0 Å². The molecule has 2 aromatic heterocycles. The van der Waals surface area contributed by atoms with Gasteiger partial charge in [-0.15, -0.1) is 11.3 Å². The van der Waals surface area contributed by atoms with Gasteiger partial charge in [-0.3, -0.25) is 0 Å². The summed E-state index contributed by atoms with van der Waals surface area (Å²) in [6.07, 6.45) is 0. The Bertz CT molecular complexity index is 1800. The van der Waals surface area contributed by atoms with Gasteiger partial charge in [0.05, 0.1) is 0 Å². The third-order valence-electron chi connectivity index (χ3n) is 6.54. The molecule has 5 aromatic carbocycles. The van der Waals surface area contributed by atoms with Gasteiger partial charge in [0.1, 0.15) is 0 Å². The monoisotopic (exact) mass is 491 g/mol. The highest BCUT2D eigenvalue weighted by Gasteiger charge is 2.15. The fraction of sp³-hybridized carbons (Fsp3) is 0. The topological polar surface area (TPSA) is 38.7 Å². The number of rotatable bonds is 4. The Morgan fingerprint density at radius 1 is 0.405 bits per heavy atom. The normalized spacial score (nSPS) is 11.2. The van der Waals surface area contributed by atoms with Gasteiger partial charge < -0.3 is 0 Å². The Morgan fingerprint density at radius 2 is 0.946 bits per heavy atom. The van der Waals surface area contributed by atoms with Crippen molar-refractivity contribution in [1.82, 2.24) is 15.0 Å². The summed E-state index contributed by atoms with van der Waals surface area (Å²) in [4.78, 5) is 14.6. The minimum absolute atomic E-state index is 0.673. The predicted octanol–water partition coefficient (Wildman–Crippen LogP) is 8.91. The summed E-state index contributed by atoms with van der Waals surface area (Å²) in [7, 11) is 0. The van der Waals surface area contributed by atoms with Crippen molar-refractivity contribution in [2.75, 3.05) is 0 Å².